The standard InChI is InChI=1S/C15H23NO/c1-10-6-14(7-11(2)15(10)17)9-16-12(3)8-13-4-5-13/h6-7,12-13,16-17H,4-5,8-9H2,1-3H3. The Morgan fingerprint density at radius 1 is 1.29 bits per heavy atom. The molecular formula is C15H23NO. The van der Waals surface area contributed by atoms with E-state index in [4.69, 9.17) is 0 Å². The SMILES string of the molecule is Cc1cc(CNC(C)CC2CC2)cc(C)c1O. The maximum atomic E-state index is 9.71. The summed E-state index contributed by atoms with van der Waals surface area (Å²) in [6.07, 6.45) is 4.14. The predicted octanol–water partition coefficient (Wildman–Crippen LogP) is 3.29. The van der Waals surface area contributed by atoms with Gasteiger partial charge in [0.05, 0.1) is 0 Å². The van der Waals surface area contributed by atoms with Crippen molar-refractivity contribution in [2.24, 2.45) is 5.92 Å². The Balaban J connectivity index is 1.89. The molecule has 2 nitrogen and oxygen atoms in total. The van der Waals surface area contributed by atoms with Crippen LogP contribution in [0.4, 0.5) is 0 Å². The zero-order chi connectivity index (χ0) is 12.4. The molecule has 2 rings (SSSR count). The molecule has 2 heteroatoms. The summed E-state index contributed by atoms with van der Waals surface area (Å²) in [5.74, 6) is 1.40. The fourth-order valence-corrected chi connectivity index (χ4v) is 2.38. The molecule has 0 spiro atoms. The van der Waals surface area contributed by atoms with Crippen molar-refractivity contribution in [3.8, 4) is 5.75 Å². The first-order chi connectivity index (χ1) is 8.06. The van der Waals surface area contributed by atoms with Crippen molar-refractivity contribution in [1.29, 1.82) is 0 Å². The number of hydrogen-bond donors (Lipinski definition) is 2. The van der Waals surface area contributed by atoms with Crippen LogP contribution in [0, 0.1) is 19.8 Å². The van der Waals surface area contributed by atoms with Gasteiger partial charge in [-0.1, -0.05) is 25.0 Å². The molecule has 0 saturated heterocycles. The summed E-state index contributed by atoms with van der Waals surface area (Å²) in [7, 11) is 0. The number of aryl methyl sites for hydroxylation is 2. The fraction of sp³-hybridized carbons (Fsp3) is 0.600. The van der Waals surface area contributed by atoms with Gasteiger partial charge >= 0.3 is 0 Å². The first-order valence-electron chi connectivity index (χ1n) is 6.58. The highest BCUT2D eigenvalue weighted by Crippen LogP contribution is 2.33. The van der Waals surface area contributed by atoms with Crippen LogP contribution >= 0.6 is 0 Å². The second-order valence-corrected chi connectivity index (χ2v) is 5.54. The quantitative estimate of drug-likeness (QED) is 0.818. The number of nitrogens with one attached hydrogen (secondary N) is 1. The van der Waals surface area contributed by atoms with Crippen LogP contribution in [0.2, 0.25) is 0 Å². The molecule has 0 aliphatic heterocycles. The van der Waals surface area contributed by atoms with Gasteiger partial charge < -0.3 is 10.4 Å². The summed E-state index contributed by atoms with van der Waals surface area (Å²) in [5, 5.41) is 13.3. The van der Waals surface area contributed by atoms with Gasteiger partial charge in [-0.3, -0.25) is 0 Å². The molecule has 94 valence electrons. The van der Waals surface area contributed by atoms with E-state index >= 15 is 0 Å². The zero-order valence-electron chi connectivity index (χ0n) is 11.1. The molecule has 1 saturated carbocycles. The van der Waals surface area contributed by atoms with Crippen LogP contribution in [-0.2, 0) is 6.54 Å². The molecule has 1 atom stereocenters. The van der Waals surface area contributed by atoms with E-state index in [1.54, 1.807) is 0 Å². The summed E-state index contributed by atoms with van der Waals surface area (Å²) >= 11 is 0. The number of phenolic OH excluding ortho intramolecular Hbond substituents is 1. The van der Waals surface area contributed by atoms with Crippen LogP contribution in [0.3, 0.4) is 0 Å². The van der Waals surface area contributed by atoms with E-state index in [2.05, 4.69) is 24.4 Å². The molecule has 0 radical (unpaired) electrons. The van der Waals surface area contributed by atoms with E-state index in [-0.39, 0.29) is 0 Å². The van der Waals surface area contributed by atoms with Crippen molar-refractivity contribution in [2.45, 2.75) is 52.6 Å². The van der Waals surface area contributed by atoms with Crippen molar-refractivity contribution >= 4 is 0 Å². The molecule has 1 aromatic carbocycles. The number of phenols is 1. The monoisotopic (exact) mass is 233 g/mol. The predicted molar refractivity (Wildman–Crippen MR) is 71.2 cm³/mol. The Hall–Kier alpha value is -1.02. The number of hydrogen-bond acceptors (Lipinski definition) is 2. The van der Waals surface area contributed by atoms with Crippen LogP contribution in [0.5, 0.6) is 5.75 Å². The lowest BCUT2D eigenvalue weighted by atomic mass is 10.1. The summed E-state index contributed by atoms with van der Waals surface area (Å²) in [5.41, 5.74) is 3.20. The molecule has 0 bridgehead atoms. The first kappa shape index (κ1) is 12.4. The molecule has 1 aliphatic rings. The van der Waals surface area contributed by atoms with E-state index in [1.165, 1.54) is 24.8 Å². The molecule has 0 heterocycles. The van der Waals surface area contributed by atoms with E-state index in [0.717, 1.165) is 23.6 Å². The molecule has 1 fully saturated rings. The normalized spacial score (nSPS) is 17.1. The van der Waals surface area contributed by atoms with Crippen molar-refractivity contribution < 1.29 is 5.11 Å². The second-order valence-electron chi connectivity index (χ2n) is 5.54. The van der Waals surface area contributed by atoms with Crippen LogP contribution in [0.1, 0.15) is 42.9 Å². The van der Waals surface area contributed by atoms with Gasteiger partial charge in [-0.15, -0.1) is 0 Å². The summed E-state index contributed by atoms with van der Waals surface area (Å²) < 4.78 is 0. The molecule has 1 aliphatic carbocycles. The van der Waals surface area contributed by atoms with Crippen LogP contribution in [0.25, 0.3) is 0 Å². The van der Waals surface area contributed by atoms with E-state index in [0.29, 0.717) is 11.8 Å². The van der Waals surface area contributed by atoms with Crippen molar-refractivity contribution in [1.82, 2.24) is 5.32 Å². The number of rotatable bonds is 5. The third-order valence-electron chi connectivity index (χ3n) is 3.59. The van der Waals surface area contributed by atoms with Gasteiger partial charge in [0.15, 0.2) is 0 Å². The third-order valence-corrected chi connectivity index (χ3v) is 3.59. The van der Waals surface area contributed by atoms with Gasteiger partial charge in [-0.2, -0.15) is 0 Å². The summed E-state index contributed by atoms with van der Waals surface area (Å²) in [6, 6.07) is 4.73. The Labute approximate surface area is 104 Å². The Bertz CT molecular complexity index is 373. The minimum absolute atomic E-state index is 0.430. The second kappa shape index (κ2) is 5.09. The van der Waals surface area contributed by atoms with E-state index < -0.39 is 0 Å². The third kappa shape index (κ3) is 3.47. The molecule has 2 N–H and O–H groups in total. The topological polar surface area (TPSA) is 32.3 Å². The average molecular weight is 233 g/mol. The Kier molecular flexibility index (Phi) is 3.72. The highest BCUT2D eigenvalue weighted by atomic mass is 16.3. The zero-order valence-corrected chi connectivity index (χ0v) is 11.1. The maximum absolute atomic E-state index is 9.71. The Morgan fingerprint density at radius 3 is 2.41 bits per heavy atom. The number of benzene rings is 1. The molecule has 1 unspecified atom stereocenters. The van der Waals surface area contributed by atoms with Crippen molar-refractivity contribution in [3.05, 3.63) is 28.8 Å². The maximum Gasteiger partial charge on any atom is 0.121 e. The van der Waals surface area contributed by atoms with Gasteiger partial charge in [0.2, 0.25) is 0 Å². The van der Waals surface area contributed by atoms with E-state index in [9.17, 15) is 5.11 Å². The molecule has 0 amide bonds. The lowest BCUT2D eigenvalue weighted by Gasteiger charge is -2.14. The summed E-state index contributed by atoms with van der Waals surface area (Å²) in [4.78, 5) is 0. The molecule has 0 aromatic heterocycles. The van der Waals surface area contributed by atoms with Crippen LogP contribution in [0.15, 0.2) is 12.1 Å². The summed E-state index contributed by atoms with van der Waals surface area (Å²) in [6.45, 7) is 7.08. The lowest BCUT2D eigenvalue weighted by Crippen LogP contribution is -2.25. The smallest absolute Gasteiger partial charge is 0.121 e. The molecular weight excluding hydrogens is 210 g/mol. The minimum atomic E-state index is 0.430. The largest absolute Gasteiger partial charge is 0.507 e. The van der Waals surface area contributed by atoms with Crippen molar-refractivity contribution in [2.75, 3.05) is 0 Å². The van der Waals surface area contributed by atoms with Gasteiger partial charge in [-0.25, -0.2) is 0 Å². The van der Waals surface area contributed by atoms with E-state index in [1.807, 2.05) is 13.8 Å². The van der Waals surface area contributed by atoms with Crippen LogP contribution < -0.4 is 5.32 Å². The number of aromatic hydroxyl groups is 1. The highest BCUT2D eigenvalue weighted by Gasteiger charge is 2.23. The average Bonchev–Trinajstić information content (AvgIpc) is 3.06. The molecule has 17 heavy (non-hydrogen) atoms. The lowest BCUT2D eigenvalue weighted by molar-refractivity contribution is 0.465. The van der Waals surface area contributed by atoms with Crippen molar-refractivity contribution in [3.63, 3.8) is 0 Å². The van der Waals surface area contributed by atoms with Gasteiger partial charge in [0.25, 0.3) is 0 Å². The Morgan fingerprint density at radius 2 is 1.88 bits per heavy atom. The van der Waals surface area contributed by atoms with Crippen LogP contribution in [-0.4, -0.2) is 11.1 Å². The highest BCUT2D eigenvalue weighted by molar-refractivity contribution is 5.42. The van der Waals surface area contributed by atoms with Gasteiger partial charge in [-0.05, 0) is 49.8 Å². The minimum Gasteiger partial charge on any atom is -0.507 e. The fourth-order valence-electron chi connectivity index (χ4n) is 2.38. The molecule has 1 aromatic rings. The van der Waals surface area contributed by atoms with Gasteiger partial charge in [0.1, 0.15) is 5.75 Å². The first-order valence-corrected chi connectivity index (χ1v) is 6.58. The van der Waals surface area contributed by atoms with Gasteiger partial charge in [0, 0.05) is 12.6 Å².